The molecule has 0 bridgehead atoms. The number of hydrogen-bond donors (Lipinski definition) is 2. The number of para-hydroxylation sites is 1. The van der Waals surface area contributed by atoms with Gasteiger partial charge < -0.3 is 11.1 Å². The smallest absolute Gasteiger partial charge is 0.243 e. The predicted molar refractivity (Wildman–Crippen MR) is 109 cm³/mol. The summed E-state index contributed by atoms with van der Waals surface area (Å²) in [6, 6.07) is 12.4. The summed E-state index contributed by atoms with van der Waals surface area (Å²) in [5.74, 6) is -0.187. The third-order valence-electron chi connectivity index (χ3n) is 4.47. The molecule has 0 saturated heterocycles. The molecule has 27 heavy (non-hydrogen) atoms. The number of nitrogens with one attached hydrogen (secondary N) is 1. The minimum absolute atomic E-state index is 0.187. The number of nitrogens with zero attached hydrogens (tertiary/aromatic N) is 1. The Balaban J connectivity index is 2.13. The number of rotatable bonds is 8. The van der Waals surface area contributed by atoms with Crippen LogP contribution < -0.4 is 11.1 Å². The lowest BCUT2D eigenvalue weighted by Crippen LogP contribution is -2.31. The first-order valence-corrected chi connectivity index (χ1v) is 10.5. The van der Waals surface area contributed by atoms with E-state index in [4.69, 9.17) is 5.73 Å². The van der Waals surface area contributed by atoms with E-state index in [1.807, 2.05) is 18.2 Å². The molecule has 2 aromatic carbocycles. The molecule has 0 aromatic heterocycles. The van der Waals surface area contributed by atoms with E-state index in [1.165, 1.54) is 10.4 Å². The van der Waals surface area contributed by atoms with Gasteiger partial charge in [0.15, 0.2) is 0 Å². The summed E-state index contributed by atoms with van der Waals surface area (Å²) in [5.41, 5.74) is 8.59. The molecule has 0 radical (unpaired) electrons. The summed E-state index contributed by atoms with van der Waals surface area (Å²) >= 11 is 0. The van der Waals surface area contributed by atoms with Crippen molar-refractivity contribution in [3.63, 3.8) is 0 Å². The molecule has 2 aromatic rings. The largest absolute Gasteiger partial charge is 0.399 e. The third kappa shape index (κ3) is 5.08. The predicted octanol–water partition coefficient (Wildman–Crippen LogP) is 3.18. The summed E-state index contributed by atoms with van der Waals surface area (Å²) in [4.78, 5) is 12.5. The monoisotopic (exact) mass is 389 g/mol. The van der Waals surface area contributed by atoms with Crippen LogP contribution in [0.4, 0.5) is 11.4 Å². The van der Waals surface area contributed by atoms with Gasteiger partial charge in [0.05, 0.1) is 4.90 Å². The van der Waals surface area contributed by atoms with Crippen molar-refractivity contribution in [2.45, 2.75) is 38.5 Å². The lowest BCUT2D eigenvalue weighted by Gasteiger charge is -2.20. The number of nitrogens with two attached hydrogens (primary N) is 1. The standard InChI is InChI=1S/C20H27N3O3S/c1-4-23(5-2)27(25,26)19-14-17(12-10-15(19)3)22-20(24)13-11-16-8-6-7-9-18(16)21/h6-10,12,14H,4-5,11,13,21H2,1-3H3,(H,22,24). The fourth-order valence-corrected chi connectivity index (χ4v) is 4.60. The van der Waals surface area contributed by atoms with Crippen LogP contribution in [0.1, 0.15) is 31.4 Å². The van der Waals surface area contributed by atoms with E-state index in [0.717, 1.165) is 5.56 Å². The summed E-state index contributed by atoms with van der Waals surface area (Å²) in [6.07, 6.45) is 0.787. The van der Waals surface area contributed by atoms with Gasteiger partial charge in [-0.15, -0.1) is 0 Å². The van der Waals surface area contributed by atoms with Crippen molar-refractivity contribution in [3.05, 3.63) is 53.6 Å². The molecule has 1 amide bonds. The molecule has 0 saturated carbocycles. The maximum absolute atomic E-state index is 12.8. The molecule has 6 nitrogen and oxygen atoms in total. The van der Waals surface area contributed by atoms with Gasteiger partial charge in [0.2, 0.25) is 15.9 Å². The van der Waals surface area contributed by atoms with Crippen LogP contribution in [0.25, 0.3) is 0 Å². The Morgan fingerprint density at radius 1 is 1.11 bits per heavy atom. The van der Waals surface area contributed by atoms with Gasteiger partial charge in [-0.2, -0.15) is 4.31 Å². The molecule has 0 aliphatic carbocycles. The van der Waals surface area contributed by atoms with Crippen LogP contribution in [0.3, 0.4) is 0 Å². The van der Waals surface area contributed by atoms with E-state index in [2.05, 4.69) is 5.32 Å². The zero-order valence-corrected chi connectivity index (χ0v) is 16.8. The first kappa shape index (κ1) is 20.9. The number of anilines is 2. The second-order valence-corrected chi connectivity index (χ2v) is 8.22. The highest BCUT2D eigenvalue weighted by atomic mass is 32.2. The molecular formula is C20H27N3O3S. The van der Waals surface area contributed by atoms with Crippen molar-refractivity contribution in [2.24, 2.45) is 0 Å². The van der Waals surface area contributed by atoms with Gasteiger partial charge in [-0.05, 0) is 42.7 Å². The zero-order chi connectivity index (χ0) is 20.0. The second-order valence-electron chi connectivity index (χ2n) is 6.32. The van der Waals surface area contributed by atoms with Crippen molar-refractivity contribution in [3.8, 4) is 0 Å². The normalized spacial score (nSPS) is 11.6. The van der Waals surface area contributed by atoms with E-state index in [0.29, 0.717) is 36.4 Å². The number of hydrogen-bond acceptors (Lipinski definition) is 4. The number of amides is 1. The Labute approximate surface area is 161 Å². The lowest BCUT2D eigenvalue weighted by atomic mass is 10.1. The number of benzene rings is 2. The zero-order valence-electron chi connectivity index (χ0n) is 16.0. The average Bonchev–Trinajstić information content (AvgIpc) is 2.63. The van der Waals surface area contributed by atoms with E-state index in [9.17, 15) is 13.2 Å². The summed E-state index contributed by atoms with van der Waals surface area (Å²) < 4.78 is 27.0. The summed E-state index contributed by atoms with van der Waals surface area (Å²) in [6.45, 7) is 6.15. The number of nitrogen functional groups attached to an aromatic ring is 1. The first-order valence-electron chi connectivity index (χ1n) is 9.03. The van der Waals surface area contributed by atoms with Gasteiger partial charge >= 0.3 is 0 Å². The van der Waals surface area contributed by atoms with Gasteiger partial charge in [-0.25, -0.2) is 8.42 Å². The molecule has 0 heterocycles. The van der Waals surface area contributed by atoms with Gasteiger partial charge in [0.1, 0.15) is 0 Å². The Hall–Kier alpha value is -2.38. The minimum atomic E-state index is -3.59. The Morgan fingerprint density at radius 2 is 1.78 bits per heavy atom. The van der Waals surface area contributed by atoms with Crippen molar-refractivity contribution in [2.75, 3.05) is 24.1 Å². The maximum atomic E-state index is 12.8. The van der Waals surface area contributed by atoms with Gasteiger partial charge in [-0.1, -0.05) is 38.1 Å². The maximum Gasteiger partial charge on any atom is 0.243 e. The number of carbonyl (C=O) groups is 1. The number of sulfonamides is 1. The van der Waals surface area contributed by atoms with Gasteiger partial charge in [0.25, 0.3) is 0 Å². The Morgan fingerprint density at radius 3 is 2.41 bits per heavy atom. The number of carbonyl (C=O) groups excluding carboxylic acids is 1. The fraction of sp³-hybridized carbons (Fsp3) is 0.350. The molecule has 0 unspecified atom stereocenters. The molecule has 0 fully saturated rings. The van der Waals surface area contributed by atoms with Crippen LogP contribution in [0.5, 0.6) is 0 Å². The van der Waals surface area contributed by atoms with Gasteiger partial charge in [-0.3, -0.25) is 4.79 Å². The lowest BCUT2D eigenvalue weighted by molar-refractivity contribution is -0.116. The fourth-order valence-electron chi connectivity index (χ4n) is 2.89. The third-order valence-corrected chi connectivity index (χ3v) is 6.66. The van der Waals surface area contributed by atoms with Crippen molar-refractivity contribution < 1.29 is 13.2 Å². The van der Waals surface area contributed by atoms with Crippen molar-refractivity contribution >= 4 is 27.3 Å². The van der Waals surface area contributed by atoms with E-state index in [-0.39, 0.29) is 17.2 Å². The summed E-state index contributed by atoms with van der Waals surface area (Å²) in [7, 11) is -3.59. The SMILES string of the molecule is CCN(CC)S(=O)(=O)c1cc(NC(=O)CCc2ccccc2N)ccc1C. The Kier molecular flexibility index (Phi) is 6.98. The highest BCUT2D eigenvalue weighted by Gasteiger charge is 2.24. The van der Waals surface area contributed by atoms with E-state index < -0.39 is 10.0 Å². The van der Waals surface area contributed by atoms with Crippen LogP contribution in [-0.4, -0.2) is 31.7 Å². The van der Waals surface area contributed by atoms with Crippen LogP contribution in [-0.2, 0) is 21.2 Å². The first-order chi connectivity index (χ1) is 12.8. The van der Waals surface area contributed by atoms with Crippen LogP contribution in [0.15, 0.2) is 47.4 Å². The van der Waals surface area contributed by atoms with Crippen molar-refractivity contribution in [1.82, 2.24) is 4.31 Å². The minimum Gasteiger partial charge on any atom is -0.399 e. The van der Waals surface area contributed by atoms with Crippen LogP contribution >= 0.6 is 0 Å². The average molecular weight is 390 g/mol. The topological polar surface area (TPSA) is 92.5 Å². The highest BCUT2D eigenvalue weighted by Crippen LogP contribution is 2.24. The summed E-state index contributed by atoms with van der Waals surface area (Å²) in [5, 5.41) is 2.78. The Bertz CT molecular complexity index is 906. The molecule has 2 rings (SSSR count). The molecule has 0 aliphatic heterocycles. The molecule has 7 heteroatoms. The van der Waals surface area contributed by atoms with Crippen LogP contribution in [0, 0.1) is 6.92 Å². The molecular weight excluding hydrogens is 362 g/mol. The molecule has 3 N–H and O–H groups in total. The number of aryl methyl sites for hydroxylation is 2. The van der Waals surface area contributed by atoms with Gasteiger partial charge in [0, 0.05) is 30.9 Å². The van der Waals surface area contributed by atoms with E-state index >= 15 is 0 Å². The molecule has 0 aliphatic rings. The van der Waals surface area contributed by atoms with E-state index in [1.54, 1.807) is 39.0 Å². The molecule has 0 atom stereocenters. The molecule has 0 spiro atoms. The second kappa shape index (κ2) is 9.01. The van der Waals surface area contributed by atoms with Crippen molar-refractivity contribution in [1.29, 1.82) is 0 Å². The quantitative estimate of drug-likeness (QED) is 0.678. The molecule has 146 valence electrons. The highest BCUT2D eigenvalue weighted by molar-refractivity contribution is 7.89. The van der Waals surface area contributed by atoms with Crippen LogP contribution in [0.2, 0.25) is 0 Å².